The summed E-state index contributed by atoms with van der Waals surface area (Å²) in [7, 11) is 0. The average molecular weight is 239 g/mol. The molecule has 0 bridgehead atoms. The maximum Gasteiger partial charge on any atom is 0.153 e. The molecule has 2 aromatic heterocycles. The van der Waals surface area contributed by atoms with E-state index >= 15 is 0 Å². The standard InChI is InChI=1S/C13H13N5/c1-8-4-5-15-13(12(8)14)17-10-2-3-11-9(6-10)7-16-18-11/h2-7H,14H2,1H3,(H,15,17)(H,16,18). The minimum Gasteiger partial charge on any atom is -0.396 e. The highest BCUT2D eigenvalue weighted by Crippen LogP contribution is 2.24. The zero-order valence-corrected chi connectivity index (χ0v) is 9.94. The number of aryl methyl sites for hydroxylation is 1. The van der Waals surface area contributed by atoms with Gasteiger partial charge in [0.25, 0.3) is 0 Å². The van der Waals surface area contributed by atoms with Crippen LogP contribution in [0.3, 0.4) is 0 Å². The van der Waals surface area contributed by atoms with Gasteiger partial charge in [-0.3, -0.25) is 5.10 Å². The third-order valence-electron chi connectivity index (χ3n) is 2.91. The van der Waals surface area contributed by atoms with E-state index < -0.39 is 0 Å². The molecule has 0 aliphatic heterocycles. The third kappa shape index (κ3) is 1.75. The van der Waals surface area contributed by atoms with E-state index in [1.165, 1.54) is 0 Å². The average Bonchev–Trinajstić information content (AvgIpc) is 2.82. The molecule has 0 atom stereocenters. The van der Waals surface area contributed by atoms with Gasteiger partial charge in [0.15, 0.2) is 5.82 Å². The summed E-state index contributed by atoms with van der Waals surface area (Å²) in [5, 5.41) is 11.2. The Labute approximate surface area is 104 Å². The number of nitrogens with two attached hydrogens (primary N) is 1. The molecule has 3 aromatic rings. The Hall–Kier alpha value is -2.56. The predicted molar refractivity (Wildman–Crippen MR) is 72.8 cm³/mol. The van der Waals surface area contributed by atoms with Crippen LogP contribution in [0, 0.1) is 6.92 Å². The van der Waals surface area contributed by atoms with Crippen LogP contribution in [0.25, 0.3) is 10.9 Å². The summed E-state index contributed by atoms with van der Waals surface area (Å²) in [6.45, 7) is 1.96. The number of aromatic amines is 1. The molecule has 0 saturated heterocycles. The molecule has 90 valence electrons. The summed E-state index contributed by atoms with van der Waals surface area (Å²) in [4.78, 5) is 4.24. The molecular weight excluding hydrogens is 226 g/mol. The van der Waals surface area contributed by atoms with E-state index in [4.69, 9.17) is 5.73 Å². The molecule has 0 spiro atoms. The van der Waals surface area contributed by atoms with Crippen LogP contribution in [-0.4, -0.2) is 15.2 Å². The second kappa shape index (κ2) is 4.03. The van der Waals surface area contributed by atoms with Crippen LogP contribution in [0.15, 0.2) is 36.7 Å². The number of aromatic nitrogens is 3. The normalized spacial score (nSPS) is 10.7. The number of anilines is 3. The molecule has 18 heavy (non-hydrogen) atoms. The number of fused-ring (bicyclic) bond motifs is 1. The van der Waals surface area contributed by atoms with Crippen molar-refractivity contribution in [3.8, 4) is 0 Å². The van der Waals surface area contributed by atoms with Gasteiger partial charge in [0.1, 0.15) is 0 Å². The smallest absolute Gasteiger partial charge is 0.153 e. The van der Waals surface area contributed by atoms with Crippen molar-refractivity contribution < 1.29 is 0 Å². The van der Waals surface area contributed by atoms with Crippen molar-refractivity contribution in [2.24, 2.45) is 0 Å². The fraction of sp³-hybridized carbons (Fsp3) is 0.0769. The summed E-state index contributed by atoms with van der Waals surface area (Å²) >= 11 is 0. The molecule has 0 unspecified atom stereocenters. The first-order chi connectivity index (χ1) is 8.74. The van der Waals surface area contributed by atoms with Gasteiger partial charge in [-0.25, -0.2) is 4.98 Å². The highest BCUT2D eigenvalue weighted by molar-refractivity contribution is 5.83. The largest absolute Gasteiger partial charge is 0.396 e. The lowest BCUT2D eigenvalue weighted by Crippen LogP contribution is -2.00. The predicted octanol–water partition coefficient (Wildman–Crippen LogP) is 2.59. The Morgan fingerprint density at radius 1 is 1.28 bits per heavy atom. The van der Waals surface area contributed by atoms with Crippen LogP contribution in [0.4, 0.5) is 17.2 Å². The number of rotatable bonds is 2. The molecular formula is C13H13N5. The SMILES string of the molecule is Cc1ccnc(Nc2ccc3[nH]ncc3c2)c1N. The van der Waals surface area contributed by atoms with Gasteiger partial charge >= 0.3 is 0 Å². The molecule has 0 amide bonds. The number of nitrogens with one attached hydrogen (secondary N) is 2. The molecule has 1 aromatic carbocycles. The minimum absolute atomic E-state index is 0.671. The van der Waals surface area contributed by atoms with Crippen LogP contribution in [0.1, 0.15) is 5.56 Å². The van der Waals surface area contributed by atoms with Crippen LogP contribution in [-0.2, 0) is 0 Å². The quantitative estimate of drug-likeness (QED) is 0.642. The zero-order chi connectivity index (χ0) is 12.5. The number of nitrogen functional groups attached to an aromatic ring is 1. The van der Waals surface area contributed by atoms with Crippen molar-refractivity contribution in [1.29, 1.82) is 0 Å². The maximum atomic E-state index is 5.98. The number of pyridine rings is 1. The molecule has 0 radical (unpaired) electrons. The molecule has 0 fully saturated rings. The molecule has 0 aliphatic rings. The summed E-state index contributed by atoms with van der Waals surface area (Å²) in [5.41, 5.74) is 9.61. The van der Waals surface area contributed by atoms with Crippen molar-refractivity contribution in [2.45, 2.75) is 6.92 Å². The third-order valence-corrected chi connectivity index (χ3v) is 2.91. The van der Waals surface area contributed by atoms with E-state index in [0.717, 1.165) is 22.2 Å². The topological polar surface area (TPSA) is 79.6 Å². The van der Waals surface area contributed by atoms with Gasteiger partial charge in [-0.1, -0.05) is 0 Å². The van der Waals surface area contributed by atoms with Gasteiger partial charge in [0.2, 0.25) is 0 Å². The van der Waals surface area contributed by atoms with Crippen molar-refractivity contribution in [3.05, 3.63) is 42.2 Å². The van der Waals surface area contributed by atoms with Crippen molar-refractivity contribution in [2.75, 3.05) is 11.1 Å². The van der Waals surface area contributed by atoms with Crippen molar-refractivity contribution in [1.82, 2.24) is 15.2 Å². The van der Waals surface area contributed by atoms with Gasteiger partial charge in [-0.05, 0) is 36.8 Å². The summed E-state index contributed by atoms with van der Waals surface area (Å²) in [6.07, 6.45) is 3.53. The molecule has 4 N–H and O–H groups in total. The molecule has 0 saturated carbocycles. The molecule has 3 rings (SSSR count). The molecule has 5 nitrogen and oxygen atoms in total. The Morgan fingerprint density at radius 2 is 2.17 bits per heavy atom. The second-order valence-electron chi connectivity index (χ2n) is 4.19. The van der Waals surface area contributed by atoms with E-state index in [0.29, 0.717) is 11.5 Å². The lowest BCUT2D eigenvalue weighted by atomic mass is 10.2. The first-order valence-corrected chi connectivity index (χ1v) is 5.65. The van der Waals surface area contributed by atoms with Crippen molar-refractivity contribution in [3.63, 3.8) is 0 Å². The van der Waals surface area contributed by atoms with Gasteiger partial charge in [0, 0.05) is 17.3 Å². The first-order valence-electron chi connectivity index (χ1n) is 5.65. The van der Waals surface area contributed by atoms with E-state index in [-0.39, 0.29) is 0 Å². The summed E-state index contributed by atoms with van der Waals surface area (Å²) in [5.74, 6) is 0.679. The van der Waals surface area contributed by atoms with Gasteiger partial charge in [-0.2, -0.15) is 5.10 Å². The summed E-state index contributed by atoms with van der Waals surface area (Å²) in [6, 6.07) is 7.82. The van der Waals surface area contributed by atoms with E-state index in [2.05, 4.69) is 20.5 Å². The fourth-order valence-corrected chi connectivity index (χ4v) is 1.83. The monoisotopic (exact) mass is 239 g/mol. The van der Waals surface area contributed by atoms with Crippen LogP contribution in [0.2, 0.25) is 0 Å². The first kappa shape index (κ1) is 10.6. The van der Waals surface area contributed by atoms with Gasteiger partial charge in [-0.15, -0.1) is 0 Å². The maximum absolute atomic E-state index is 5.98. The number of hydrogen-bond acceptors (Lipinski definition) is 4. The number of hydrogen-bond donors (Lipinski definition) is 3. The van der Waals surface area contributed by atoms with E-state index in [9.17, 15) is 0 Å². The lowest BCUT2D eigenvalue weighted by molar-refractivity contribution is 1.12. The second-order valence-corrected chi connectivity index (χ2v) is 4.19. The van der Waals surface area contributed by atoms with Gasteiger partial charge < -0.3 is 11.1 Å². The number of nitrogens with zero attached hydrogens (tertiary/aromatic N) is 2. The Bertz CT molecular complexity index is 701. The highest BCUT2D eigenvalue weighted by Gasteiger charge is 2.04. The number of H-pyrrole nitrogens is 1. The van der Waals surface area contributed by atoms with Crippen LogP contribution < -0.4 is 11.1 Å². The summed E-state index contributed by atoms with van der Waals surface area (Å²) < 4.78 is 0. The van der Waals surface area contributed by atoms with E-state index in [1.807, 2.05) is 31.2 Å². The lowest BCUT2D eigenvalue weighted by Gasteiger charge is -2.09. The molecule has 5 heteroatoms. The Kier molecular flexibility index (Phi) is 2.37. The Balaban J connectivity index is 1.98. The highest BCUT2D eigenvalue weighted by atomic mass is 15.1. The van der Waals surface area contributed by atoms with Crippen LogP contribution in [0.5, 0.6) is 0 Å². The van der Waals surface area contributed by atoms with Gasteiger partial charge in [0.05, 0.1) is 17.4 Å². The fourth-order valence-electron chi connectivity index (χ4n) is 1.83. The molecule has 2 heterocycles. The Morgan fingerprint density at radius 3 is 3.06 bits per heavy atom. The minimum atomic E-state index is 0.671. The number of benzene rings is 1. The van der Waals surface area contributed by atoms with Crippen molar-refractivity contribution >= 4 is 28.1 Å². The zero-order valence-electron chi connectivity index (χ0n) is 9.94. The molecule has 0 aliphatic carbocycles. The van der Waals surface area contributed by atoms with Crippen LogP contribution >= 0.6 is 0 Å². The van der Waals surface area contributed by atoms with E-state index in [1.54, 1.807) is 12.4 Å².